The van der Waals surface area contributed by atoms with Gasteiger partial charge in [0.2, 0.25) is 0 Å². The van der Waals surface area contributed by atoms with E-state index in [0.717, 1.165) is 18.9 Å². The van der Waals surface area contributed by atoms with E-state index in [1.807, 2.05) is 0 Å². The van der Waals surface area contributed by atoms with Crippen molar-refractivity contribution in [2.45, 2.75) is 25.9 Å². The zero-order valence-corrected chi connectivity index (χ0v) is 17.4. The van der Waals surface area contributed by atoms with Gasteiger partial charge in [-0.15, -0.1) is 0 Å². The van der Waals surface area contributed by atoms with Crippen molar-refractivity contribution in [3.05, 3.63) is 51.8 Å². The van der Waals surface area contributed by atoms with Crippen molar-refractivity contribution in [1.82, 2.24) is 19.5 Å². The number of carbonyl (C=O) groups is 1. The fourth-order valence-corrected chi connectivity index (χ4v) is 3.76. The highest BCUT2D eigenvalue weighted by Crippen LogP contribution is 2.34. The maximum Gasteiger partial charge on any atom is 0.433 e. The Morgan fingerprint density at radius 2 is 1.80 bits per heavy atom. The Labute approximate surface area is 180 Å². The minimum Gasteiger partial charge on any atom is -0.337 e. The van der Waals surface area contributed by atoms with Crippen molar-refractivity contribution in [3.63, 3.8) is 0 Å². The molecule has 0 N–H and O–H groups in total. The molecule has 0 spiro atoms. The molecule has 5 nitrogen and oxygen atoms in total. The molecule has 0 unspecified atom stereocenters. The lowest BCUT2D eigenvalue weighted by Crippen LogP contribution is -2.38. The van der Waals surface area contributed by atoms with Crippen LogP contribution in [0.5, 0.6) is 0 Å². The highest BCUT2D eigenvalue weighted by molar-refractivity contribution is 6.42. The molecule has 10 heteroatoms. The van der Waals surface area contributed by atoms with Gasteiger partial charge in [0.05, 0.1) is 15.7 Å². The summed E-state index contributed by atoms with van der Waals surface area (Å²) in [6, 6.07) is 6.64. The van der Waals surface area contributed by atoms with E-state index in [4.69, 9.17) is 23.2 Å². The van der Waals surface area contributed by atoms with E-state index in [-0.39, 0.29) is 27.1 Å². The number of rotatable bonds is 2. The molecule has 0 bridgehead atoms. The van der Waals surface area contributed by atoms with E-state index >= 15 is 0 Å². The van der Waals surface area contributed by atoms with E-state index in [2.05, 4.69) is 17.0 Å². The molecule has 158 valence electrons. The number of halogens is 5. The highest BCUT2D eigenvalue weighted by Gasteiger charge is 2.36. The molecule has 1 amide bonds. The summed E-state index contributed by atoms with van der Waals surface area (Å²) in [5.41, 5.74) is -0.732. The predicted octanol–water partition coefficient (Wildman–Crippen LogP) is 5.59. The number of benzene rings is 1. The summed E-state index contributed by atoms with van der Waals surface area (Å²) in [7, 11) is 0. The highest BCUT2D eigenvalue weighted by atomic mass is 35.5. The van der Waals surface area contributed by atoms with Gasteiger partial charge in [-0.3, -0.25) is 4.79 Å². The third-order valence-corrected chi connectivity index (χ3v) is 5.96. The minimum absolute atomic E-state index is 0.0547. The molecule has 3 heterocycles. The van der Waals surface area contributed by atoms with Crippen LogP contribution in [0.15, 0.2) is 30.3 Å². The monoisotopic (exact) mass is 456 g/mol. The molecule has 0 saturated carbocycles. The number of piperidine rings is 1. The largest absolute Gasteiger partial charge is 0.433 e. The van der Waals surface area contributed by atoms with E-state index in [1.54, 1.807) is 4.90 Å². The van der Waals surface area contributed by atoms with Crippen molar-refractivity contribution in [3.8, 4) is 11.3 Å². The first-order valence-corrected chi connectivity index (χ1v) is 10.1. The van der Waals surface area contributed by atoms with E-state index in [9.17, 15) is 18.0 Å². The summed E-state index contributed by atoms with van der Waals surface area (Å²) < 4.78 is 41.9. The summed E-state index contributed by atoms with van der Waals surface area (Å²) in [6.07, 6.45) is -2.99. The van der Waals surface area contributed by atoms with Crippen LogP contribution in [0.4, 0.5) is 13.2 Å². The van der Waals surface area contributed by atoms with Crippen LogP contribution in [0.25, 0.3) is 16.9 Å². The molecule has 0 aliphatic carbocycles. The van der Waals surface area contributed by atoms with Crippen LogP contribution < -0.4 is 0 Å². The van der Waals surface area contributed by atoms with E-state index in [0.29, 0.717) is 29.1 Å². The second-order valence-corrected chi connectivity index (χ2v) is 8.24. The number of fused-ring (bicyclic) bond motifs is 1. The molecule has 3 aromatic rings. The average Bonchev–Trinajstić information content (AvgIpc) is 3.12. The molecule has 1 aliphatic heterocycles. The number of aromatic nitrogens is 3. The van der Waals surface area contributed by atoms with Crippen molar-refractivity contribution < 1.29 is 18.0 Å². The second-order valence-electron chi connectivity index (χ2n) is 7.43. The Hall–Kier alpha value is -2.32. The first-order valence-electron chi connectivity index (χ1n) is 9.36. The second kappa shape index (κ2) is 7.74. The van der Waals surface area contributed by atoms with Gasteiger partial charge in [0.15, 0.2) is 17.0 Å². The fourth-order valence-electron chi connectivity index (χ4n) is 3.46. The number of likely N-dealkylation sites (tertiary alicyclic amines) is 1. The zero-order valence-electron chi connectivity index (χ0n) is 15.9. The first-order chi connectivity index (χ1) is 14.1. The Kier molecular flexibility index (Phi) is 5.40. The SMILES string of the molecule is CC1CCN(C(=O)c2cc3nc(-c4ccc(Cl)c(Cl)c4)cc(C(F)(F)F)n3n2)CC1. The van der Waals surface area contributed by atoms with Gasteiger partial charge in [-0.05, 0) is 37.0 Å². The molecule has 30 heavy (non-hydrogen) atoms. The van der Waals surface area contributed by atoms with Gasteiger partial charge in [-0.1, -0.05) is 36.2 Å². The molecule has 0 radical (unpaired) electrons. The standard InChI is InChI=1S/C20H17Cl2F3N4O/c1-11-4-6-28(7-5-11)19(30)16-10-18-26-15(12-2-3-13(21)14(22)8-12)9-17(20(23,24)25)29(18)27-16/h2-3,8-11H,4-7H2,1H3. The van der Waals surface area contributed by atoms with Crippen LogP contribution in [0, 0.1) is 5.92 Å². The molecule has 1 saturated heterocycles. The maximum absolute atomic E-state index is 13.7. The lowest BCUT2D eigenvalue weighted by atomic mass is 9.99. The fraction of sp³-hybridized carbons (Fsp3) is 0.350. The molecular formula is C20H17Cl2F3N4O. The Morgan fingerprint density at radius 3 is 2.43 bits per heavy atom. The number of nitrogens with zero attached hydrogens (tertiary/aromatic N) is 4. The lowest BCUT2D eigenvalue weighted by Gasteiger charge is -2.29. The molecule has 4 rings (SSSR count). The Bertz CT molecular complexity index is 1120. The molecule has 0 atom stereocenters. The number of hydrogen-bond donors (Lipinski definition) is 0. The smallest absolute Gasteiger partial charge is 0.337 e. The van der Waals surface area contributed by atoms with Gasteiger partial charge in [0.25, 0.3) is 5.91 Å². The van der Waals surface area contributed by atoms with Crippen LogP contribution in [0.3, 0.4) is 0 Å². The van der Waals surface area contributed by atoms with Gasteiger partial charge >= 0.3 is 6.18 Å². The number of amides is 1. The van der Waals surface area contributed by atoms with Crippen LogP contribution in [0.1, 0.15) is 35.9 Å². The summed E-state index contributed by atoms with van der Waals surface area (Å²) in [4.78, 5) is 18.7. The summed E-state index contributed by atoms with van der Waals surface area (Å²) in [5.74, 6) is 0.124. The van der Waals surface area contributed by atoms with Gasteiger partial charge in [0, 0.05) is 24.7 Å². The third-order valence-electron chi connectivity index (χ3n) is 5.22. The summed E-state index contributed by atoms with van der Waals surface area (Å²) >= 11 is 11.9. The van der Waals surface area contributed by atoms with Gasteiger partial charge < -0.3 is 4.90 Å². The third kappa shape index (κ3) is 3.98. The van der Waals surface area contributed by atoms with Crippen molar-refractivity contribution in [1.29, 1.82) is 0 Å². The normalized spacial score (nSPS) is 15.7. The van der Waals surface area contributed by atoms with Crippen molar-refractivity contribution in [2.24, 2.45) is 5.92 Å². The van der Waals surface area contributed by atoms with Crippen molar-refractivity contribution in [2.75, 3.05) is 13.1 Å². The van der Waals surface area contributed by atoms with Gasteiger partial charge in [0.1, 0.15) is 0 Å². The van der Waals surface area contributed by atoms with Gasteiger partial charge in [-0.2, -0.15) is 18.3 Å². The predicted molar refractivity (Wildman–Crippen MR) is 108 cm³/mol. The number of alkyl halides is 3. The molecule has 1 aromatic carbocycles. The topological polar surface area (TPSA) is 50.5 Å². The summed E-state index contributed by atoms with van der Waals surface area (Å²) in [6.45, 7) is 3.22. The molecule has 1 aliphatic rings. The first kappa shape index (κ1) is 20.9. The quantitative estimate of drug-likeness (QED) is 0.504. The Morgan fingerprint density at radius 1 is 1.10 bits per heavy atom. The van der Waals surface area contributed by atoms with E-state index < -0.39 is 17.8 Å². The molecule has 1 fully saturated rings. The van der Waals surface area contributed by atoms with Crippen LogP contribution in [-0.2, 0) is 6.18 Å². The lowest BCUT2D eigenvalue weighted by molar-refractivity contribution is -0.142. The van der Waals surface area contributed by atoms with Crippen LogP contribution >= 0.6 is 23.2 Å². The maximum atomic E-state index is 13.7. The van der Waals surface area contributed by atoms with Crippen LogP contribution in [0.2, 0.25) is 10.0 Å². The van der Waals surface area contributed by atoms with Gasteiger partial charge in [-0.25, -0.2) is 9.50 Å². The minimum atomic E-state index is -4.70. The molecule has 2 aromatic heterocycles. The summed E-state index contributed by atoms with van der Waals surface area (Å²) in [5, 5.41) is 4.42. The number of carbonyl (C=O) groups excluding carboxylic acids is 1. The van der Waals surface area contributed by atoms with E-state index in [1.165, 1.54) is 24.3 Å². The number of hydrogen-bond acceptors (Lipinski definition) is 3. The molecular weight excluding hydrogens is 440 g/mol. The zero-order chi connectivity index (χ0) is 21.6. The van der Waals surface area contributed by atoms with Crippen LogP contribution in [-0.4, -0.2) is 38.5 Å². The van der Waals surface area contributed by atoms with Crippen molar-refractivity contribution >= 4 is 34.8 Å². The average molecular weight is 457 g/mol. The Balaban J connectivity index is 1.80.